The highest BCUT2D eigenvalue weighted by Gasteiger charge is 2.75. The highest BCUT2D eigenvalue weighted by atomic mass is 16.6. The van der Waals surface area contributed by atoms with Crippen molar-refractivity contribution in [2.24, 2.45) is 17.8 Å². The first-order chi connectivity index (χ1) is 8.48. The van der Waals surface area contributed by atoms with E-state index in [1.165, 1.54) is 5.57 Å². The van der Waals surface area contributed by atoms with Gasteiger partial charge in [0.25, 0.3) is 0 Å². The lowest BCUT2D eigenvalue weighted by Gasteiger charge is -2.27. The maximum Gasteiger partial charge on any atom is 0.309 e. The largest absolute Gasteiger partial charge is 0.461 e. The van der Waals surface area contributed by atoms with Crippen molar-refractivity contribution in [1.29, 1.82) is 0 Å². The van der Waals surface area contributed by atoms with Gasteiger partial charge in [0.15, 0.2) is 0 Å². The highest BCUT2D eigenvalue weighted by Crippen LogP contribution is 2.67. The van der Waals surface area contributed by atoms with Crippen LogP contribution < -0.4 is 0 Å². The molecular weight excluding hydrogens is 228 g/mol. The van der Waals surface area contributed by atoms with Gasteiger partial charge in [0.2, 0.25) is 0 Å². The molecule has 0 radical (unpaired) electrons. The fraction of sp³-hybridized carbons (Fsp3) is 0.800. The third-order valence-electron chi connectivity index (χ3n) is 5.95. The molecule has 2 aliphatic heterocycles. The second-order valence-corrected chi connectivity index (χ2v) is 6.75. The second-order valence-electron chi connectivity index (χ2n) is 6.75. The van der Waals surface area contributed by atoms with Crippen LogP contribution in [0.3, 0.4) is 0 Å². The van der Waals surface area contributed by atoms with E-state index < -0.39 is 0 Å². The Kier molecular flexibility index (Phi) is 1.84. The van der Waals surface area contributed by atoms with Crippen molar-refractivity contribution in [3.63, 3.8) is 0 Å². The lowest BCUT2D eigenvalue weighted by atomic mass is 9.77. The van der Waals surface area contributed by atoms with Crippen LogP contribution in [0.2, 0.25) is 0 Å². The van der Waals surface area contributed by atoms with Crippen LogP contribution in [-0.4, -0.2) is 23.3 Å². The maximum absolute atomic E-state index is 11.9. The summed E-state index contributed by atoms with van der Waals surface area (Å²) in [7, 11) is 0. The van der Waals surface area contributed by atoms with Gasteiger partial charge in [0, 0.05) is 11.8 Å². The molecule has 6 atom stereocenters. The van der Waals surface area contributed by atoms with E-state index in [1.807, 2.05) is 6.92 Å². The van der Waals surface area contributed by atoms with Crippen LogP contribution in [0.1, 0.15) is 40.0 Å². The zero-order chi connectivity index (χ0) is 12.7. The van der Waals surface area contributed by atoms with E-state index in [4.69, 9.17) is 9.47 Å². The van der Waals surface area contributed by atoms with E-state index in [2.05, 4.69) is 19.9 Å². The van der Waals surface area contributed by atoms with Crippen LogP contribution in [-0.2, 0) is 14.3 Å². The van der Waals surface area contributed by atoms with E-state index in [1.54, 1.807) is 0 Å². The number of rotatable bonds is 0. The fourth-order valence-corrected chi connectivity index (χ4v) is 4.71. The molecule has 0 bridgehead atoms. The Balaban J connectivity index is 1.78. The van der Waals surface area contributed by atoms with Crippen molar-refractivity contribution in [3.8, 4) is 0 Å². The smallest absolute Gasteiger partial charge is 0.309 e. The summed E-state index contributed by atoms with van der Waals surface area (Å²) in [5, 5.41) is 0. The number of hydrogen-bond donors (Lipinski definition) is 0. The van der Waals surface area contributed by atoms with Gasteiger partial charge in [-0.25, -0.2) is 0 Å². The zero-order valence-electron chi connectivity index (χ0n) is 11.2. The Bertz CT molecular complexity index is 468. The average Bonchev–Trinajstić information content (AvgIpc) is 2.65. The van der Waals surface area contributed by atoms with Gasteiger partial charge < -0.3 is 9.47 Å². The van der Waals surface area contributed by atoms with Crippen LogP contribution >= 0.6 is 0 Å². The van der Waals surface area contributed by atoms with Gasteiger partial charge in [-0.15, -0.1) is 0 Å². The SMILES string of the molecule is CC1=CC[C@]23O[C@@]2(C)CC[C@H]2C(C)C(=O)O[C@@H]2[C@@H]13. The summed E-state index contributed by atoms with van der Waals surface area (Å²) in [4.78, 5) is 11.9. The number of esters is 1. The van der Waals surface area contributed by atoms with E-state index in [9.17, 15) is 4.79 Å². The molecule has 0 N–H and O–H groups in total. The minimum atomic E-state index is -0.0547. The standard InChI is InChI=1S/C15H20O3/c1-8-4-7-15-11(8)12-10(9(2)13(16)17-12)5-6-14(15,3)18-15/h4,9-12H,5-7H2,1-3H3/t9?,10-,11+,12-,14-,15+/m0/s1. The molecule has 98 valence electrons. The lowest BCUT2D eigenvalue weighted by molar-refractivity contribution is -0.145. The summed E-state index contributed by atoms with van der Waals surface area (Å²) in [5.41, 5.74) is 1.32. The first-order valence-corrected chi connectivity index (χ1v) is 7.06. The molecule has 2 saturated heterocycles. The predicted octanol–water partition coefficient (Wildman–Crippen LogP) is 2.45. The van der Waals surface area contributed by atoms with Gasteiger partial charge in [-0.2, -0.15) is 0 Å². The van der Waals surface area contributed by atoms with Crippen molar-refractivity contribution in [2.45, 2.75) is 57.3 Å². The normalized spacial score (nSPS) is 57.1. The molecule has 3 nitrogen and oxygen atoms in total. The summed E-state index contributed by atoms with van der Waals surface area (Å²) in [6.07, 6.45) is 5.45. The molecule has 0 aromatic heterocycles. The summed E-state index contributed by atoms with van der Waals surface area (Å²) >= 11 is 0. The minimum Gasteiger partial charge on any atom is -0.461 e. The Labute approximate surface area is 108 Å². The van der Waals surface area contributed by atoms with Gasteiger partial charge in [-0.1, -0.05) is 18.6 Å². The molecule has 0 amide bonds. The van der Waals surface area contributed by atoms with Crippen LogP contribution in [0.5, 0.6) is 0 Å². The number of carbonyl (C=O) groups is 1. The third-order valence-corrected chi connectivity index (χ3v) is 5.95. The lowest BCUT2D eigenvalue weighted by Crippen LogP contribution is -2.37. The van der Waals surface area contributed by atoms with Crippen molar-refractivity contribution in [3.05, 3.63) is 11.6 Å². The molecule has 1 spiro atoms. The maximum atomic E-state index is 11.9. The molecule has 2 aliphatic carbocycles. The number of ether oxygens (including phenoxy) is 2. The molecule has 1 saturated carbocycles. The summed E-state index contributed by atoms with van der Waals surface area (Å²) < 4.78 is 11.9. The predicted molar refractivity (Wildman–Crippen MR) is 65.9 cm³/mol. The average molecular weight is 248 g/mol. The van der Waals surface area contributed by atoms with Crippen molar-refractivity contribution in [2.75, 3.05) is 0 Å². The van der Waals surface area contributed by atoms with Gasteiger partial charge in [0.05, 0.1) is 11.5 Å². The van der Waals surface area contributed by atoms with E-state index in [0.717, 1.165) is 19.3 Å². The van der Waals surface area contributed by atoms with Gasteiger partial charge in [0.1, 0.15) is 11.7 Å². The summed E-state index contributed by atoms with van der Waals surface area (Å²) in [6.45, 7) is 6.43. The molecular formula is C15H20O3. The Morgan fingerprint density at radius 1 is 1.44 bits per heavy atom. The molecule has 3 fully saturated rings. The molecule has 2 heterocycles. The minimum absolute atomic E-state index is 0.0101. The number of hydrogen-bond acceptors (Lipinski definition) is 3. The number of fused-ring (bicyclic) bond motifs is 2. The Hall–Kier alpha value is -0.830. The molecule has 4 rings (SSSR count). The molecule has 4 aliphatic rings. The number of carbonyl (C=O) groups excluding carboxylic acids is 1. The van der Waals surface area contributed by atoms with Gasteiger partial charge in [-0.3, -0.25) is 4.79 Å². The van der Waals surface area contributed by atoms with E-state index in [-0.39, 0.29) is 29.2 Å². The molecule has 1 unspecified atom stereocenters. The molecule has 0 aromatic rings. The van der Waals surface area contributed by atoms with Crippen LogP contribution in [0.4, 0.5) is 0 Å². The fourth-order valence-electron chi connectivity index (χ4n) is 4.71. The third kappa shape index (κ3) is 1.04. The molecule has 3 heteroatoms. The highest BCUT2D eigenvalue weighted by molar-refractivity contribution is 5.75. The second kappa shape index (κ2) is 3.01. The van der Waals surface area contributed by atoms with E-state index >= 15 is 0 Å². The van der Waals surface area contributed by atoms with Gasteiger partial charge in [-0.05, 0) is 33.1 Å². The van der Waals surface area contributed by atoms with Crippen LogP contribution in [0.25, 0.3) is 0 Å². The topological polar surface area (TPSA) is 38.8 Å². The Morgan fingerprint density at radius 2 is 2.22 bits per heavy atom. The van der Waals surface area contributed by atoms with Crippen molar-refractivity contribution in [1.82, 2.24) is 0 Å². The molecule has 0 aromatic carbocycles. The zero-order valence-corrected chi connectivity index (χ0v) is 11.2. The van der Waals surface area contributed by atoms with Crippen LogP contribution in [0.15, 0.2) is 11.6 Å². The van der Waals surface area contributed by atoms with E-state index in [0.29, 0.717) is 11.8 Å². The monoisotopic (exact) mass is 248 g/mol. The molecule has 18 heavy (non-hydrogen) atoms. The number of epoxide rings is 1. The first-order valence-electron chi connectivity index (χ1n) is 7.06. The van der Waals surface area contributed by atoms with Crippen LogP contribution in [0, 0.1) is 17.8 Å². The quantitative estimate of drug-likeness (QED) is 0.375. The summed E-state index contributed by atoms with van der Waals surface area (Å²) in [5.74, 6) is 0.726. The van der Waals surface area contributed by atoms with Crippen molar-refractivity contribution >= 4 is 5.97 Å². The van der Waals surface area contributed by atoms with Gasteiger partial charge >= 0.3 is 5.97 Å². The summed E-state index contributed by atoms with van der Waals surface area (Å²) in [6, 6.07) is 0. The Morgan fingerprint density at radius 3 is 3.00 bits per heavy atom. The first kappa shape index (κ1) is 11.0. The van der Waals surface area contributed by atoms with Crippen molar-refractivity contribution < 1.29 is 14.3 Å².